The smallest absolute Gasteiger partial charge is 0.201 e. The molecule has 21 heavy (non-hydrogen) atoms. The Hall–Kier alpha value is -2.88. The molecule has 4 N–H and O–H groups in total. The minimum atomic E-state index is -0.367. The van der Waals surface area contributed by atoms with Crippen LogP contribution < -0.4 is 11.2 Å². The van der Waals surface area contributed by atoms with Crippen LogP contribution in [-0.4, -0.2) is 21.1 Å². The van der Waals surface area contributed by atoms with Crippen molar-refractivity contribution in [3.63, 3.8) is 0 Å². The van der Waals surface area contributed by atoms with Crippen LogP contribution in [0.2, 0.25) is 0 Å². The molecule has 0 radical (unpaired) electrons. The lowest BCUT2D eigenvalue weighted by Crippen LogP contribution is -2.21. The van der Waals surface area contributed by atoms with E-state index in [2.05, 4.69) is 27.0 Å². The maximum absolute atomic E-state index is 8.79. The van der Waals surface area contributed by atoms with Crippen LogP contribution in [0.4, 0.5) is 5.69 Å². The number of hydrogen-bond donors (Lipinski definition) is 3. The summed E-state index contributed by atoms with van der Waals surface area (Å²) in [5, 5.41) is 19.8. The predicted molar refractivity (Wildman–Crippen MR) is 83.3 cm³/mol. The second kappa shape index (κ2) is 6.05. The number of fused-ring (bicyclic) bond motifs is 1. The zero-order valence-corrected chi connectivity index (χ0v) is 12.0. The number of nitriles is 1. The number of imidazole rings is 1. The summed E-state index contributed by atoms with van der Waals surface area (Å²) >= 11 is 0. The van der Waals surface area contributed by atoms with Crippen LogP contribution in [0, 0.1) is 23.7 Å². The molecule has 1 aromatic heterocycles. The second-order valence-electron chi connectivity index (χ2n) is 4.61. The molecule has 0 aliphatic heterocycles. The largest absolute Gasteiger partial charge is 0.382 e. The molecule has 0 aliphatic carbocycles. The van der Waals surface area contributed by atoms with Gasteiger partial charge in [-0.2, -0.15) is 10.4 Å². The Balaban J connectivity index is 2.32. The van der Waals surface area contributed by atoms with E-state index in [-0.39, 0.29) is 11.5 Å². The Bertz CT molecular complexity index is 749. The molecule has 0 bridgehead atoms. The highest BCUT2D eigenvalue weighted by Gasteiger charge is 2.07. The number of aromatic nitrogens is 2. The van der Waals surface area contributed by atoms with Crippen molar-refractivity contribution in [2.24, 2.45) is 10.8 Å². The summed E-state index contributed by atoms with van der Waals surface area (Å²) in [6.07, 6.45) is 1.04. The third-order valence-electron chi connectivity index (χ3n) is 3.04. The molecule has 1 heterocycles. The van der Waals surface area contributed by atoms with Gasteiger partial charge >= 0.3 is 0 Å². The van der Waals surface area contributed by atoms with Crippen LogP contribution in [0.3, 0.4) is 0 Å². The van der Waals surface area contributed by atoms with Gasteiger partial charge in [0.1, 0.15) is 11.9 Å². The molecule has 108 valence electrons. The predicted octanol–water partition coefficient (Wildman–Crippen LogP) is 1.98. The summed E-state index contributed by atoms with van der Waals surface area (Å²) in [6, 6.07) is 7.43. The Morgan fingerprint density at radius 1 is 1.57 bits per heavy atom. The quantitative estimate of drug-likeness (QED) is 0.442. The van der Waals surface area contributed by atoms with Gasteiger partial charge in [-0.3, -0.25) is 10.8 Å². The van der Waals surface area contributed by atoms with Crippen molar-refractivity contribution >= 4 is 28.3 Å². The number of amidine groups is 1. The number of anilines is 1. The van der Waals surface area contributed by atoms with Crippen molar-refractivity contribution in [2.75, 3.05) is 5.43 Å². The topological polar surface area (TPSA) is 116 Å². The number of hydrogen-bond acceptors (Lipinski definition) is 5. The highest BCUT2D eigenvalue weighted by atomic mass is 15.3. The van der Waals surface area contributed by atoms with Gasteiger partial charge < -0.3 is 10.3 Å². The first-order valence-corrected chi connectivity index (χ1v) is 6.62. The molecule has 2 rings (SSSR count). The minimum absolute atomic E-state index is 0.150. The molecule has 7 heteroatoms. The van der Waals surface area contributed by atoms with Crippen molar-refractivity contribution in [1.82, 2.24) is 9.55 Å². The van der Waals surface area contributed by atoms with Crippen LogP contribution >= 0.6 is 0 Å². The lowest BCUT2D eigenvalue weighted by Gasteiger charge is -2.05. The fraction of sp³-hybridized carbons (Fsp3) is 0.286. The molecular formula is C14H17N7. The van der Waals surface area contributed by atoms with Gasteiger partial charge in [0.25, 0.3) is 0 Å². The Morgan fingerprint density at radius 3 is 2.95 bits per heavy atom. The number of benzene rings is 1. The first kappa shape index (κ1) is 14.5. The van der Waals surface area contributed by atoms with Gasteiger partial charge in [0.05, 0.1) is 16.7 Å². The number of nitrogens with two attached hydrogens (primary N) is 1. The van der Waals surface area contributed by atoms with E-state index >= 15 is 0 Å². The summed E-state index contributed by atoms with van der Waals surface area (Å²) in [4.78, 5) is 4.52. The molecule has 0 saturated heterocycles. The molecule has 0 saturated carbocycles. The molecule has 0 atom stereocenters. The zero-order chi connectivity index (χ0) is 15.4. The van der Waals surface area contributed by atoms with Gasteiger partial charge in [-0.1, -0.05) is 6.92 Å². The van der Waals surface area contributed by atoms with Crippen LogP contribution in [0.5, 0.6) is 0 Å². The molecule has 2 aromatic rings. The van der Waals surface area contributed by atoms with E-state index in [9.17, 15) is 0 Å². The molecule has 0 fully saturated rings. The molecule has 0 amide bonds. The van der Waals surface area contributed by atoms with Crippen LogP contribution in [0.1, 0.15) is 19.2 Å². The monoisotopic (exact) mass is 283 g/mol. The van der Waals surface area contributed by atoms with E-state index in [1.165, 1.54) is 0 Å². The van der Waals surface area contributed by atoms with Gasteiger partial charge in [0, 0.05) is 6.54 Å². The van der Waals surface area contributed by atoms with Crippen molar-refractivity contribution < 1.29 is 0 Å². The lowest BCUT2D eigenvalue weighted by molar-refractivity contribution is 0.676. The van der Waals surface area contributed by atoms with Crippen LogP contribution in [-0.2, 0) is 6.54 Å². The first-order chi connectivity index (χ1) is 10.1. The minimum Gasteiger partial charge on any atom is -0.382 e. The summed E-state index contributed by atoms with van der Waals surface area (Å²) < 4.78 is 2.17. The second-order valence-corrected chi connectivity index (χ2v) is 4.61. The van der Waals surface area contributed by atoms with Crippen molar-refractivity contribution in [3.05, 3.63) is 24.0 Å². The zero-order valence-electron chi connectivity index (χ0n) is 12.0. The lowest BCUT2D eigenvalue weighted by atomic mass is 10.3. The Kier molecular flexibility index (Phi) is 4.18. The van der Waals surface area contributed by atoms with Crippen molar-refractivity contribution in [2.45, 2.75) is 26.8 Å². The van der Waals surface area contributed by atoms with E-state index in [0.29, 0.717) is 5.69 Å². The first-order valence-electron chi connectivity index (χ1n) is 6.62. The maximum atomic E-state index is 8.79. The van der Waals surface area contributed by atoms with E-state index < -0.39 is 0 Å². The van der Waals surface area contributed by atoms with Gasteiger partial charge in [0.15, 0.2) is 5.84 Å². The summed E-state index contributed by atoms with van der Waals surface area (Å²) in [5.41, 5.74) is 10.4. The van der Waals surface area contributed by atoms with E-state index in [0.717, 1.165) is 29.8 Å². The van der Waals surface area contributed by atoms with E-state index in [1.54, 1.807) is 6.07 Å². The van der Waals surface area contributed by atoms with Crippen molar-refractivity contribution in [3.8, 4) is 6.07 Å². The Labute approximate surface area is 122 Å². The maximum Gasteiger partial charge on any atom is 0.201 e. The number of nitrogens with one attached hydrogen (secondary N) is 2. The normalized spacial score (nSPS) is 11.4. The summed E-state index contributed by atoms with van der Waals surface area (Å²) in [7, 11) is 0. The summed E-state index contributed by atoms with van der Waals surface area (Å²) in [6.45, 7) is 5.03. The number of aryl methyl sites for hydroxylation is 2. The fourth-order valence-corrected chi connectivity index (χ4v) is 2.09. The SMILES string of the molecule is CCCn1c(C)nc2cc(N/N=C(\C#N)C(=N)N)ccc21. The Morgan fingerprint density at radius 2 is 2.33 bits per heavy atom. The average molecular weight is 283 g/mol. The third kappa shape index (κ3) is 3.00. The highest BCUT2D eigenvalue weighted by Crippen LogP contribution is 2.20. The van der Waals surface area contributed by atoms with Crippen LogP contribution in [0.15, 0.2) is 23.3 Å². The number of hydrazone groups is 1. The average Bonchev–Trinajstić information content (AvgIpc) is 2.75. The van der Waals surface area contributed by atoms with Gasteiger partial charge in [-0.25, -0.2) is 4.98 Å². The summed E-state index contributed by atoms with van der Waals surface area (Å²) in [5.74, 6) is 0.600. The molecule has 7 nitrogen and oxygen atoms in total. The number of rotatable bonds is 5. The van der Waals surface area contributed by atoms with Crippen LogP contribution in [0.25, 0.3) is 11.0 Å². The fourth-order valence-electron chi connectivity index (χ4n) is 2.09. The molecule has 0 unspecified atom stereocenters. The molecule has 0 aliphatic rings. The van der Waals surface area contributed by atoms with Gasteiger partial charge in [0.2, 0.25) is 5.71 Å². The number of nitrogens with zero attached hydrogens (tertiary/aromatic N) is 4. The van der Waals surface area contributed by atoms with E-state index in [4.69, 9.17) is 16.4 Å². The highest BCUT2D eigenvalue weighted by molar-refractivity contribution is 6.45. The van der Waals surface area contributed by atoms with Crippen molar-refractivity contribution in [1.29, 1.82) is 10.7 Å². The molecular weight excluding hydrogens is 266 g/mol. The third-order valence-corrected chi connectivity index (χ3v) is 3.04. The van der Waals surface area contributed by atoms with E-state index in [1.807, 2.05) is 25.1 Å². The molecule has 1 aromatic carbocycles. The standard InChI is InChI=1S/C14H17N7/c1-3-6-21-9(2)18-11-7-10(4-5-13(11)21)19-20-12(8-15)14(16)17/h4-5,7,19H,3,6H2,1-2H3,(H3,16,17)/b20-12+. The van der Waals surface area contributed by atoms with Gasteiger partial charge in [-0.15, -0.1) is 0 Å². The molecule has 0 spiro atoms. The van der Waals surface area contributed by atoms with Gasteiger partial charge in [-0.05, 0) is 31.5 Å².